The molecule has 0 spiro atoms. The van der Waals surface area contributed by atoms with E-state index in [1.807, 2.05) is 87.0 Å². The van der Waals surface area contributed by atoms with E-state index in [0.717, 1.165) is 38.9 Å². The summed E-state index contributed by atoms with van der Waals surface area (Å²) >= 11 is 0. The summed E-state index contributed by atoms with van der Waals surface area (Å²) < 4.78 is 7.49. The number of amides is 1. The summed E-state index contributed by atoms with van der Waals surface area (Å²) in [6.45, 7) is 9.32. The van der Waals surface area contributed by atoms with Gasteiger partial charge < -0.3 is 14.3 Å². The number of carbonyl (C=O) groups excluding carboxylic acids is 1. The van der Waals surface area contributed by atoms with Crippen molar-refractivity contribution in [2.75, 3.05) is 11.9 Å². The highest BCUT2D eigenvalue weighted by Gasteiger charge is 2.25. The number of rotatable bonds is 3. The van der Waals surface area contributed by atoms with Crippen LogP contribution in [0, 0.1) is 11.8 Å². The maximum atomic E-state index is 12.8. The number of hydrogen-bond acceptors (Lipinski definition) is 4. The maximum Gasteiger partial charge on any atom is 0.415 e. The zero-order chi connectivity index (χ0) is 27.0. The lowest BCUT2D eigenvalue weighted by molar-refractivity contribution is 0.0588. The molecule has 0 bridgehead atoms. The highest BCUT2D eigenvalue weighted by molar-refractivity contribution is 6.09. The highest BCUT2D eigenvalue weighted by Crippen LogP contribution is 2.33. The molecule has 190 valence electrons. The van der Waals surface area contributed by atoms with Gasteiger partial charge in [0.15, 0.2) is 5.82 Å². The van der Waals surface area contributed by atoms with Crippen LogP contribution in [0.2, 0.25) is 0 Å². The summed E-state index contributed by atoms with van der Waals surface area (Å²) in [4.78, 5) is 27.0. The first-order valence-electron chi connectivity index (χ1n) is 12.3. The van der Waals surface area contributed by atoms with E-state index in [1.165, 1.54) is 4.90 Å². The molecule has 0 saturated heterocycles. The summed E-state index contributed by atoms with van der Waals surface area (Å²) in [6, 6.07) is 18.1. The molecule has 0 saturated carbocycles. The summed E-state index contributed by atoms with van der Waals surface area (Å²) in [5.41, 5.74) is 6.27. The van der Waals surface area contributed by atoms with Crippen molar-refractivity contribution in [2.24, 2.45) is 7.05 Å². The molecular weight excluding hydrogens is 474 g/mol. The quantitative estimate of drug-likeness (QED) is 0.284. The Hall–Kier alpha value is -4.83. The Morgan fingerprint density at radius 2 is 1.82 bits per heavy atom. The van der Waals surface area contributed by atoms with Crippen LogP contribution in [0.25, 0.3) is 39.4 Å². The molecule has 0 aliphatic rings. The van der Waals surface area contributed by atoms with Crippen molar-refractivity contribution in [1.29, 1.82) is 0 Å². The number of carbonyl (C=O) groups is 1. The smallest absolute Gasteiger partial charge is 0.415 e. The predicted octanol–water partition coefficient (Wildman–Crippen LogP) is 6.53. The number of fused-ring (bicyclic) bond motifs is 3. The largest absolute Gasteiger partial charge is 0.443 e. The maximum absolute atomic E-state index is 12.8. The molecule has 0 aliphatic carbocycles. The SMILES string of the molecule is C=Cc1cccc(C#Cc2cccc(-c3cc4c(nc(N(C)C(=O)OC(C)(C)C)c5ncn(C)c54)[nH]3)c2)c1. The van der Waals surface area contributed by atoms with Crippen molar-refractivity contribution < 1.29 is 9.53 Å². The normalized spacial score (nSPS) is 11.3. The van der Waals surface area contributed by atoms with Gasteiger partial charge in [-0.3, -0.25) is 4.90 Å². The van der Waals surface area contributed by atoms with Gasteiger partial charge in [-0.15, -0.1) is 0 Å². The Balaban J connectivity index is 1.55. The van der Waals surface area contributed by atoms with E-state index in [0.29, 0.717) is 17.0 Å². The lowest BCUT2D eigenvalue weighted by Gasteiger charge is -2.24. The second-order valence-corrected chi connectivity index (χ2v) is 10.1. The van der Waals surface area contributed by atoms with Crippen LogP contribution in [0.15, 0.2) is 67.5 Å². The summed E-state index contributed by atoms with van der Waals surface area (Å²) in [5.74, 6) is 6.92. The van der Waals surface area contributed by atoms with Crippen molar-refractivity contribution in [2.45, 2.75) is 26.4 Å². The molecule has 3 aromatic heterocycles. The molecule has 7 nitrogen and oxygen atoms in total. The van der Waals surface area contributed by atoms with E-state index in [1.54, 1.807) is 13.4 Å². The Morgan fingerprint density at radius 3 is 2.53 bits per heavy atom. The van der Waals surface area contributed by atoms with E-state index in [-0.39, 0.29) is 0 Å². The van der Waals surface area contributed by atoms with Gasteiger partial charge in [-0.25, -0.2) is 14.8 Å². The fraction of sp³-hybridized carbons (Fsp3) is 0.194. The number of hydrogen-bond donors (Lipinski definition) is 1. The molecule has 0 radical (unpaired) electrons. The van der Waals surface area contributed by atoms with Gasteiger partial charge in [0.05, 0.1) is 11.8 Å². The monoisotopic (exact) mass is 503 g/mol. The molecule has 38 heavy (non-hydrogen) atoms. The van der Waals surface area contributed by atoms with Crippen molar-refractivity contribution in [3.63, 3.8) is 0 Å². The lowest BCUT2D eigenvalue weighted by atomic mass is 10.1. The molecule has 1 amide bonds. The van der Waals surface area contributed by atoms with Crippen molar-refractivity contribution in [3.05, 3.63) is 84.2 Å². The van der Waals surface area contributed by atoms with Crippen LogP contribution < -0.4 is 4.90 Å². The molecule has 0 fully saturated rings. The second-order valence-electron chi connectivity index (χ2n) is 10.1. The van der Waals surface area contributed by atoms with E-state index >= 15 is 0 Å². The van der Waals surface area contributed by atoms with Crippen LogP contribution in [0.1, 0.15) is 37.5 Å². The molecule has 1 N–H and O–H groups in total. The molecule has 2 aromatic carbocycles. The first-order valence-corrected chi connectivity index (χ1v) is 12.3. The van der Waals surface area contributed by atoms with Gasteiger partial charge in [-0.2, -0.15) is 0 Å². The number of pyridine rings is 1. The first-order chi connectivity index (χ1) is 18.1. The Kier molecular flexibility index (Phi) is 6.25. The highest BCUT2D eigenvalue weighted by atomic mass is 16.6. The number of nitrogens with zero attached hydrogens (tertiary/aromatic N) is 4. The molecule has 5 aromatic rings. The minimum atomic E-state index is -0.624. The third-order valence-electron chi connectivity index (χ3n) is 6.05. The van der Waals surface area contributed by atoms with Crippen LogP contribution in [0.5, 0.6) is 0 Å². The van der Waals surface area contributed by atoms with Crippen LogP contribution in [0.4, 0.5) is 10.6 Å². The standard InChI is InChI=1S/C31H29N5O2/c1-7-20-10-8-11-21(16-20)14-15-22-12-9-13-23(17-22)25-18-24-27-26(32-19-35(27)5)29(34-28(24)33-25)36(6)30(37)38-31(2,3)4/h7-13,16-19H,1H2,2-6H3,(H,33,34). The first kappa shape index (κ1) is 24.8. The number of aryl methyl sites for hydroxylation is 1. The molecular formula is C31H29N5O2. The fourth-order valence-corrected chi connectivity index (χ4v) is 4.24. The van der Waals surface area contributed by atoms with E-state index in [9.17, 15) is 4.79 Å². The molecule has 5 rings (SSSR count). The number of aromatic amines is 1. The number of ether oxygens (including phenoxy) is 1. The van der Waals surface area contributed by atoms with Gasteiger partial charge >= 0.3 is 6.09 Å². The minimum Gasteiger partial charge on any atom is -0.443 e. The summed E-state index contributed by atoms with van der Waals surface area (Å²) in [6.07, 6.45) is 3.04. The van der Waals surface area contributed by atoms with Crippen LogP contribution >= 0.6 is 0 Å². The van der Waals surface area contributed by atoms with Gasteiger partial charge in [0.25, 0.3) is 0 Å². The number of aromatic nitrogens is 4. The predicted molar refractivity (Wildman–Crippen MR) is 153 cm³/mol. The summed E-state index contributed by atoms with van der Waals surface area (Å²) in [7, 11) is 3.57. The Bertz CT molecular complexity index is 1760. The van der Waals surface area contributed by atoms with Gasteiger partial charge in [0, 0.05) is 36.3 Å². The molecule has 3 heterocycles. The number of imidazole rings is 1. The third-order valence-corrected chi connectivity index (χ3v) is 6.05. The average molecular weight is 504 g/mol. The molecule has 0 aliphatic heterocycles. The van der Waals surface area contributed by atoms with E-state index in [4.69, 9.17) is 9.72 Å². The van der Waals surface area contributed by atoms with E-state index < -0.39 is 11.7 Å². The lowest BCUT2D eigenvalue weighted by Crippen LogP contribution is -2.34. The number of H-pyrrole nitrogens is 1. The minimum absolute atomic E-state index is 0.428. The van der Waals surface area contributed by atoms with Crippen LogP contribution in [0.3, 0.4) is 0 Å². The second kappa shape index (κ2) is 9.56. The van der Waals surface area contributed by atoms with Gasteiger partial charge in [-0.1, -0.05) is 48.8 Å². The summed E-state index contributed by atoms with van der Waals surface area (Å²) in [5, 5.41) is 0.911. The Morgan fingerprint density at radius 1 is 1.11 bits per heavy atom. The number of anilines is 1. The number of benzene rings is 2. The van der Waals surface area contributed by atoms with E-state index in [2.05, 4.69) is 34.5 Å². The third kappa shape index (κ3) is 4.89. The molecule has 0 atom stereocenters. The fourth-order valence-electron chi connectivity index (χ4n) is 4.24. The topological polar surface area (TPSA) is 76.0 Å². The molecule has 7 heteroatoms. The van der Waals surface area contributed by atoms with Crippen molar-refractivity contribution in [3.8, 4) is 23.1 Å². The zero-order valence-electron chi connectivity index (χ0n) is 22.2. The average Bonchev–Trinajstić information content (AvgIpc) is 3.49. The van der Waals surface area contributed by atoms with Crippen molar-refractivity contribution in [1.82, 2.24) is 19.5 Å². The van der Waals surface area contributed by atoms with Gasteiger partial charge in [0.2, 0.25) is 0 Å². The van der Waals surface area contributed by atoms with Crippen molar-refractivity contribution >= 4 is 40.1 Å². The zero-order valence-corrected chi connectivity index (χ0v) is 22.2. The Labute approximate surface area is 221 Å². The number of nitrogens with one attached hydrogen (secondary N) is 1. The van der Waals surface area contributed by atoms with Gasteiger partial charge in [-0.05, 0) is 62.2 Å². The van der Waals surface area contributed by atoms with Crippen LogP contribution in [-0.2, 0) is 11.8 Å². The molecule has 0 unspecified atom stereocenters. The van der Waals surface area contributed by atoms with Crippen LogP contribution in [-0.4, -0.2) is 38.3 Å². The van der Waals surface area contributed by atoms with Gasteiger partial charge in [0.1, 0.15) is 16.8 Å².